The van der Waals surface area contributed by atoms with Gasteiger partial charge >= 0.3 is 5.97 Å². The third-order valence-electron chi connectivity index (χ3n) is 2.34. The molecule has 0 aromatic heterocycles. The number of carbonyl (C=O) groups is 2. The summed E-state index contributed by atoms with van der Waals surface area (Å²) in [6.07, 6.45) is 0.810. The van der Waals surface area contributed by atoms with Crippen molar-refractivity contribution in [3.63, 3.8) is 0 Å². The molecule has 1 rings (SSSR count). The van der Waals surface area contributed by atoms with Crippen LogP contribution in [0.1, 0.15) is 30.6 Å². The number of carbonyl (C=O) groups excluding carboxylic acids is 2. The van der Waals surface area contributed by atoms with Gasteiger partial charge in [-0.2, -0.15) is 0 Å². The molecule has 0 aliphatic rings. The largest absolute Gasteiger partial charge is 0.490 e. The molecule has 0 aliphatic heterocycles. The Morgan fingerprint density at radius 3 is 2.52 bits per heavy atom. The molecule has 1 aromatic carbocycles. The van der Waals surface area contributed by atoms with Crippen molar-refractivity contribution >= 4 is 23.5 Å². The first-order valence-corrected chi connectivity index (χ1v) is 6.91. The van der Waals surface area contributed by atoms with Crippen molar-refractivity contribution < 1.29 is 23.8 Å². The molecule has 116 valence electrons. The molecule has 0 heterocycles. The number of hydrogen-bond donors (Lipinski definition) is 1. The number of nitrogens with two attached hydrogens (primary N) is 1. The molecule has 21 heavy (non-hydrogen) atoms. The molecule has 2 N–H and O–H groups in total. The lowest BCUT2D eigenvalue weighted by atomic mass is 10.2. The van der Waals surface area contributed by atoms with E-state index in [9.17, 15) is 9.59 Å². The third-order valence-corrected chi connectivity index (χ3v) is 2.62. The average molecular weight is 316 g/mol. The van der Waals surface area contributed by atoms with Crippen LogP contribution in [0.4, 0.5) is 0 Å². The Bertz CT molecular complexity index is 518. The van der Waals surface area contributed by atoms with Gasteiger partial charge in [0.25, 0.3) is 5.91 Å². The van der Waals surface area contributed by atoms with Crippen LogP contribution in [0.25, 0.3) is 0 Å². The Hall–Kier alpha value is -1.95. The molecule has 0 fully saturated rings. The van der Waals surface area contributed by atoms with Gasteiger partial charge in [-0.25, -0.2) is 4.79 Å². The molecule has 1 aromatic rings. The highest BCUT2D eigenvalue weighted by molar-refractivity contribution is 6.32. The number of esters is 1. The van der Waals surface area contributed by atoms with Crippen LogP contribution in [0.15, 0.2) is 12.1 Å². The average Bonchev–Trinajstić information content (AvgIpc) is 2.44. The maximum atomic E-state index is 11.8. The first-order valence-electron chi connectivity index (χ1n) is 6.54. The molecular formula is C14H18ClNO5. The fourth-order valence-electron chi connectivity index (χ4n) is 1.51. The normalized spacial score (nSPS) is 10.0. The Labute approximate surface area is 128 Å². The summed E-state index contributed by atoms with van der Waals surface area (Å²) in [7, 11) is 0. The van der Waals surface area contributed by atoms with E-state index in [0.29, 0.717) is 24.7 Å². The Balaban J connectivity index is 3.01. The molecule has 0 spiro atoms. The second kappa shape index (κ2) is 8.36. The summed E-state index contributed by atoms with van der Waals surface area (Å²) in [4.78, 5) is 22.4. The van der Waals surface area contributed by atoms with E-state index < -0.39 is 18.5 Å². The number of hydrogen-bond acceptors (Lipinski definition) is 5. The molecule has 0 aliphatic carbocycles. The summed E-state index contributed by atoms with van der Waals surface area (Å²) in [5.74, 6) is -0.711. The van der Waals surface area contributed by atoms with Crippen molar-refractivity contribution in [3.05, 3.63) is 22.7 Å². The highest BCUT2D eigenvalue weighted by Crippen LogP contribution is 2.37. The molecule has 0 saturated carbocycles. The minimum Gasteiger partial charge on any atom is -0.490 e. The second-order valence-electron chi connectivity index (χ2n) is 4.11. The number of amides is 1. The highest BCUT2D eigenvalue weighted by atomic mass is 35.5. The predicted octanol–water partition coefficient (Wildman–Crippen LogP) is 2.17. The maximum Gasteiger partial charge on any atom is 0.338 e. The van der Waals surface area contributed by atoms with Crippen LogP contribution in [-0.2, 0) is 9.53 Å². The fraction of sp³-hybridized carbons (Fsp3) is 0.429. The number of halogens is 1. The van der Waals surface area contributed by atoms with Crippen molar-refractivity contribution in [2.75, 3.05) is 19.8 Å². The summed E-state index contributed by atoms with van der Waals surface area (Å²) in [6.45, 7) is 4.14. The van der Waals surface area contributed by atoms with Gasteiger partial charge in [-0.05, 0) is 25.5 Å². The zero-order valence-corrected chi connectivity index (χ0v) is 12.7. The molecular weight excluding hydrogens is 298 g/mol. The Morgan fingerprint density at radius 2 is 1.95 bits per heavy atom. The van der Waals surface area contributed by atoms with Crippen LogP contribution in [0.5, 0.6) is 11.5 Å². The smallest absolute Gasteiger partial charge is 0.338 e. The first-order chi connectivity index (χ1) is 9.99. The summed E-state index contributed by atoms with van der Waals surface area (Å²) in [5.41, 5.74) is 5.08. The van der Waals surface area contributed by atoms with Gasteiger partial charge in [-0.3, -0.25) is 4.79 Å². The minimum absolute atomic E-state index is 0.161. The number of rotatable bonds is 8. The van der Waals surface area contributed by atoms with Gasteiger partial charge < -0.3 is 19.9 Å². The van der Waals surface area contributed by atoms with Crippen LogP contribution in [0, 0.1) is 0 Å². The lowest BCUT2D eigenvalue weighted by Gasteiger charge is -2.14. The standard InChI is InChI=1S/C14H18ClNO5/c1-3-5-20-13-10(15)6-9(7-11(13)19-4-2)14(18)21-8-12(16)17/h6-7H,3-5,8H2,1-2H3,(H2,16,17). The topological polar surface area (TPSA) is 87.9 Å². The van der Waals surface area contributed by atoms with Crippen molar-refractivity contribution in [1.29, 1.82) is 0 Å². The molecule has 0 radical (unpaired) electrons. The van der Waals surface area contributed by atoms with Gasteiger partial charge in [-0.15, -0.1) is 0 Å². The van der Waals surface area contributed by atoms with Crippen molar-refractivity contribution in [2.45, 2.75) is 20.3 Å². The zero-order valence-electron chi connectivity index (χ0n) is 12.0. The molecule has 7 heteroatoms. The van der Waals surface area contributed by atoms with Crippen LogP contribution in [-0.4, -0.2) is 31.7 Å². The summed E-state index contributed by atoms with van der Waals surface area (Å²) >= 11 is 6.11. The van der Waals surface area contributed by atoms with Crippen LogP contribution >= 0.6 is 11.6 Å². The summed E-state index contributed by atoms with van der Waals surface area (Å²) in [5, 5.41) is 0.237. The van der Waals surface area contributed by atoms with Gasteiger partial charge in [0.2, 0.25) is 0 Å². The molecule has 1 amide bonds. The van der Waals surface area contributed by atoms with Gasteiger partial charge in [0.15, 0.2) is 18.1 Å². The molecule has 0 atom stereocenters. The van der Waals surface area contributed by atoms with E-state index in [1.807, 2.05) is 6.92 Å². The Morgan fingerprint density at radius 1 is 1.24 bits per heavy atom. The second-order valence-corrected chi connectivity index (χ2v) is 4.52. The lowest BCUT2D eigenvalue weighted by molar-refractivity contribution is -0.121. The Kier molecular flexibility index (Phi) is 6.81. The van der Waals surface area contributed by atoms with E-state index in [0.717, 1.165) is 6.42 Å². The summed E-state index contributed by atoms with van der Waals surface area (Å²) < 4.78 is 15.7. The number of ether oxygens (including phenoxy) is 3. The number of primary amides is 1. The lowest BCUT2D eigenvalue weighted by Crippen LogP contribution is -2.21. The summed E-state index contributed by atoms with van der Waals surface area (Å²) in [6, 6.07) is 2.86. The van der Waals surface area contributed by atoms with E-state index in [4.69, 9.17) is 31.5 Å². The minimum atomic E-state index is -0.734. The van der Waals surface area contributed by atoms with E-state index in [1.54, 1.807) is 6.92 Å². The van der Waals surface area contributed by atoms with Crippen molar-refractivity contribution in [3.8, 4) is 11.5 Å². The zero-order chi connectivity index (χ0) is 15.8. The fourth-order valence-corrected chi connectivity index (χ4v) is 1.78. The SMILES string of the molecule is CCCOc1c(Cl)cc(C(=O)OCC(N)=O)cc1OCC. The van der Waals surface area contributed by atoms with E-state index in [2.05, 4.69) is 0 Å². The van der Waals surface area contributed by atoms with E-state index in [1.165, 1.54) is 12.1 Å². The molecule has 0 saturated heterocycles. The van der Waals surface area contributed by atoms with Gasteiger partial charge in [0.1, 0.15) is 0 Å². The van der Waals surface area contributed by atoms with Crippen LogP contribution in [0.2, 0.25) is 5.02 Å². The van der Waals surface area contributed by atoms with Gasteiger partial charge in [0.05, 0.1) is 23.8 Å². The van der Waals surface area contributed by atoms with Crippen LogP contribution in [0.3, 0.4) is 0 Å². The molecule has 0 bridgehead atoms. The van der Waals surface area contributed by atoms with Gasteiger partial charge in [0, 0.05) is 0 Å². The predicted molar refractivity (Wildman–Crippen MR) is 77.9 cm³/mol. The monoisotopic (exact) mass is 315 g/mol. The molecule has 6 nitrogen and oxygen atoms in total. The molecule has 0 unspecified atom stereocenters. The quantitative estimate of drug-likeness (QED) is 0.743. The van der Waals surface area contributed by atoms with Crippen molar-refractivity contribution in [2.24, 2.45) is 5.73 Å². The van der Waals surface area contributed by atoms with E-state index >= 15 is 0 Å². The highest BCUT2D eigenvalue weighted by Gasteiger charge is 2.17. The first kappa shape index (κ1) is 17.1. The van der Waals surface area contributed by atoms with Gasteiger partial charge in [-0.1, -0.05) is 18.5 Å². The third kappa shape index (κ3) is 5.15. The van der Waals surface area contributed by atoms with Crippen LogP contribution < -0.4 is 15.2 Å². The van der Waals surface area contributed by atoms with E-state index in [-0.39, 0.29) is 10.6 Å². The maximum absolute atomic E-state index is 11.8. The van der Waals surface area contributed by atoms with Crippen molar-refractivity contribution in [1.82, 2.24) is 0 Å². The number of benzene rings is 1.